The highest BCUT2D eigenvalue weighted by Gasteiger charge is 2.44. The van der Waals surface area contributed by atoms with Gasteiger partial charge in [-0.15, -0.1) is 0 Å². The predicted octanol–water partition coefficient (Wildman–Crippen LogP) is 2.47. The zero-order chi connectivity index (χ0) is 27.8. The number of nitrogens with zero attached hydrogens (tertiary/aromatic N) is 1. The van der Waals surface area contributed by atoms with Gasteiger partial charge in [0.1, 0.15) is 12.2 Å². The maximum Gasteiger partial charge on any atom is 0.404 e. The van der Waals surface area contributed by atoms with E-state index < -0.39 is 42.1 Å². The van der Waals surface area contributed by atoms with E-state index in [2.05, 4.69) is 20.9 Å². The van der Waals surface area contributed by atoms with Gasteiger partial charge >= 0.3 is 6.18 Å². The van der Waals surface area contributed by atoms with Gasteiger partial charge in [-0.25, -0.2) is 9.38 Å². The van der Waals surface area contributed by atoms with Crippen LogP contribution in [0.15, 0.2) is 47.5 Å². The molecule has 0 saturated heterocycles. The van der Waals surface area contributed by atoms with Crippen molar-refractivity contribution >= 4 is 29.2 Å². The fraction of sp³-hybridized carbons (Fsp3) is 0.391. The molecule has 0 fully saturated rings. The van der Waals surface area contributed by atoms with Gasteiger partial charge in [0.05, 0.1) is 13.0 Å². The van der Waals surface area contributed by atoms with E-state index >= 15 is 0 Å². The van der Waals surface area contributed by atoms with Crippen molar-refractivity contribution in [2.24, 2.45) is 28.1 Å². The molecule has 0 bridgehead atoms. The molecule has 0 saturated carbocycles. The van der Waals surface area contributed by atoms with Crippen LogP contribution in [0.5, 0.6) is 5.75 Å². The third-order valence-corrected chi connectivity index (χ3v) is 5.53. The smallest absolute Gasteiger partial charge is 0.404 e. The number of carbonyl (C=O) groups is 1. The number of hydrogen-bond donors (Lipinski definition) is 6. The van der Waals surface area contributed by atoms with E-state index in [0.29, 0.717) is 16.3 Å². The Bertz CT molecular complexity index is 1090. The van der Waals surface area contributed by atoms with Crippen LogP contribution in [0.1, 0.15) is 18.0 Å². The molecule has 0 spiro atoms. The van der Waals surface area contributed by atoms with Gasteiger partial charge in [0, 0.05) is 29.7 Å². The molecule has 37 heavy (non-hydrogen) atoms. The van der Waals surface area contributed by atoms with Gasteiger partial charge in [0.15, 0.2) is 11.6 Å². The number of hydrogen-bond acceptors (Lipinski definition) is 7. The molecule has 0 aromatic heterocycles. The van der Waals surface area contributed by atoms with Crippen LogP contribution in [0.3, 0.4) is 0 Å². The van der Waals surface area contributed by atoms with E-state index in [0.717, 1.165) is 0 Å². The van der Waals surface area contributed by atoms with Crippen molar-refractivity contribution in [2.45, 2.75) is 30.8 Å². The zero-order valence-electron chi connectivity index (χ0n) is 20.2. The summed E-state index contributed by atoms with van der Waals surface area (Å²) in [6.45, 7) is -0.350. The summed E-state index contributed by atoms with van der Waals surface area (Å²) in [5, 5.41) is 8.01. The van der Waals surface area contributed by atoms with Crippen molar-refractivity contribution in [3.8, 4) is 5.75 Å². The quantitative estimate of drug-likeness (QED) is 0.152. The SMILES string of the molecule is CNCC(C(=O)NC(=NC(N)CC(N)c1ccc(OC)c(F)c1)Nc1cccc(Cl)c1)C(N)C(F)(F)F. The maximum absolute atomic E-state index is 14.1. The third kappa shape index (κ3) is 9.13. The number of methoxy groups -OCH3 is 1. The van der Waals surface area contributed by atoms with Gasteiger partial charge in [-0.05, 0) is 42.9 Å². The second-order valence-electron chi connectivity index (χ2n) is 8.14. The van der Waals surface area contributed by atoms with Crippen molar-refractivity contribution in [2.75, 3.05) is 26.0 Å². The fourth-order valence-corrected chi connectivity index (χ4v) is 3.56. The van der Waals surface area contributed by atoms with Gasteiger partial charge in [0.25, 0.3) is 0 Å². The number of rotatable bonds is 10. The standard InChI is InChI=1S/C23H30ClF4N7O2/c1-32-11-15(20(31)23(26,27)28)21(36)35-22(33-14-5-3-4-13(24)9-14)34-19(30)10-17(29)12-6-7-18(37-2)16(25)8-12/h3-9,15,17,19-20,32H,10-11,29-31H2,1-2H3,(H2,33,34,35,36). The van der Waals surface area contributed by atoms with Crippen LogP contribution < -0.4 is 37.9 Å². The predicted molar refractivity (Wildman–Crippen MR) is 135 cm³/mol. The lowest BCUT2D eigenvalue weighted by atomic mass is 9.99. The van der Waals surface area contributed by atoms with E-state index in [-0.39, 0.29) is 24.7 Å². The van der Waals surface area contributed by atoms with E-state index in [1.807, 2.05) is 0 Å². The Balaban J connectivity index is 2.28. The van der Waals surface area contributed by atoms with Gasteiger partial charge < -0.3 is 32.6 Å². The molecule has 9 N–H and O–H groups in total. The van der Waals surface area contributed by atoms with Crippen molar-refractivity contribution in [1.29, 1.82) is 0 Å². The molecular formula is C23H30ClF4N7O2. The number of guanidine groups is 1. The Morgan fingerprint density at radius 2 is 1.86 bits per heavy atom. The molecule has 4 atom stereocenters. The van der Waals surface area contributed by atoms with E-state index in [1.165, 1.54) is 32.4 Å². The zero-order valence-corrected chi connectivity index (χ0v) is 20.9. The minimum Gasteiger partial charge on any atom is -0.494 e. The number of nitrogens with two attached hydrogens (primary N) is 3. The molecule has 2 rings (SSSR count). The monoisotopic (exact) mass is 547 g/mol. The Morgan fingerprint density at radius 3 is 2.43 bits per heavy atom. The molecule has 2 aromatic rings. The summed E-state index contributed by atoms with van der Waals surface area (Å²) in [6, 6.07) is 7.32. The van der Waals surface area contributed by atoms with Crippen molar-refractivity contribution in [3.05, 3.63) is 58.9 Å². The Kier molecular flexibility index (Phi) is 11.1. The molecule has 2 aromatic carbocycles. The number of amides is 1. The van der Waals surface area contributed by atoms with Crippen LogP contribution >= 0.6 is 11.6 Å². The highest BCUT2D eigenvalue weighted by Crippen LogP contribution is 2.25. The van der Waals surface area contributed by atoms with Crippen molar-refractivity contribution in [3.63, 3.8) is 0 Å². The lowest BCUT2D eigenvalue weighted by Gasteiger charge is -2.25. The molecule has 1 amide bonds. The lowest BCUT2D eigenvalue weighted by molar-refractivity contribution is -0.164. The number of alkyl halides is 3. The summed E-state index contributed by atoms with van der Waals surface area (Å²) < 4.78 is 58.7. The molecule has 9 nitrogen and oxygen atoms in total. The minimum atomic E-state index is -4.81. The molecule has 0 aliphatic heterocycles. The summed E-state index contributed by atoms with van der Waals surface area (Å²) in [4.78, 5) is 17.0. The number of aliphatic imine (C=N–C) groups is 1. The normalized spacial score (nSPS) is 15.5. The summed E-state index contributed by atoms with van der Waals surface area (Å²) >= 11 is 6.00. The second kappa shape index (κ2) is 13.5. The van der Waals surface area contributed by atoms with E-state index in [4.69, 9.17) is 33.5 Å². The highest BCUT2D eigenvalue weighted by molar-refractivity contribution is 6.30. The van der Waals surface area contributed by atoms with Crippen LogP contribution in [0, 0.1) is 11.7 Å². The number of halogens is 5. The van der Waals surface area contributed by atoms with E-state index in [9.17, 15) is 22.4 Å². The summed E-state index contributed by atoms with van der Waals surface area (Å²) in [7, 11) is 2.72. The average molecular weight is 548 g/mol. The van der Waals surface area contributed by atoms with Gasteiger partial charge in [-0.1, -0.05) is 23.7 Å². The summed E-state index contributed by atoms with van der Waals surface area (Å²) in [5.74, 6) is -3.52. The van der Waals surface area contributed by atoms with Gasteiger partial charge in [-0.2, -0.15) is 13.2 Å². The first-order valence-electron chi connectivity index (χ1n) is 11.1. The topological polar surface area (TPSA) is 153 Å². The Labute approximate surface area is 216 Å². The van der Waals surface area contributed by atoms with E-state index in [1.54, 1.807) is 24.3 Å². The Hall–Kier alpha value is -2.97. The largest absolute Gasteiger partial charge is 0.494 e. The molecule has 0 aliphatic rings. The average Bonchev–Trinajstić information content (AvgIpc) is 2.81. The van der Waals surface area contributed by atoms with Crippen molar-refractivity contribution < 1.29 is 27.1 Å². The van der Waals surface area contributed by atoms with Gasteiger partial charge in [0.2, 0.25) is 11.9 Å². The minimum absolute atomic E-state index is 0.00434. The molecular weight excluding hydrogens is 518 g/mol. The first-order chi connectivity index (χ1) is 17.3. The second-order valence-corrected chi connectivity index (χ2v) is 8.57. The molecule has 204 valence electrons. The van der Waals surface area contributed by atoms with Crippen LogP contribution in [0.4, 0.5) is 23.2 Å². The molecule has 0 radical (unpaired) electrons. The van der Waals surface area contributed by atoms with Crippen LogP contribution in [-0.2, 0) is 4.79 Å². The van der Waals surface area contributed by atoms with Crippen LogP contribution in [-0.4, -0.2) is 51.0 Å². The van der Waals surface area contributed by atoms with Crippen LogP contribution in [0.2, 0.25) is 5.02 Å². The lowest BCUT2D eigenvalue weighted by Crippen LogP contribution is -2.54. The first kappa shape index (κ1) is 30.3. The maximum atomic E-state index is 14.1. The number of anilines is 1. The number of nitrogens with one attached hydrogen (secondary N) is 3. The highest BCUT2D eigenvalue weighted by atomic mass is 35.5. The Morgan fingerprint density at radius 1 is 1.16 bits per heavy atom. The third-order valence-electron chi connectivity index (χ3n) is 5.30. The van der Waals surface area contributed by atoms with Crippen molar-refractivity contribution in [1.82, 2.24) is 10.6 Å². The fourth-order valence-electron chi connectivity index (χ4n) is 3.37. The number of ether oxygens (including phenoxy) is 1. The summed E-state index contributed by atoms with van der Waals surface area (Å²) in [5.41, 5.74) is 18.4. The van der Waals surface area contributed by atoms with Crippen LogP contribution in [0.25, 0.3) is 0 Å². The molecule has 4 unspecified atom stereocenters. The van der Waals surface area contributed by atoms with Gasteiger partial charge in [-0.3, -0.25) is 10.1 Å². The first-order valence-corrected chi connectivity index (χ1v) is 11.5. The molecule has 14 heteroatoms. The number of carbonyl (C=O) groups excluding carboxylic acids is 1. The molecule has 0 aliphatic carbocycles. The molecule has 0 heterocycles. The number of benzene rings is 2. The summed E-state index contributed by atoms with van der Waals surface area (Å²) in [6.07, 6.45) is -5.85.